The maximum absolute atomic E-state index is 11.4. The molecule has 0 saturated carbocycles. The van der Waals surface area contributed by atoms with Crippen molar-refractivity contribution >= 4 is 22.5 Å². The number of oxime groups is 1. The summed E-state index contributed by atoms with van der Waals surface area (Å²) in [5, 5.41) is 25.1. The van der Waals surface area contributed by atoms with Crippen molar-refractivity contribution in [2.45, 2.75) is 58.3 Å². The highest BCUT2D eigenvalue weighted by Crippen LogP contribution is 2.50. The quantitative estimate of drug-likeness (QED) is 0.172. The van der Waals surface area contributed by atoms with Crippen LogP contribution in [-0.2, 0) is 10.8 Å². The minimum Gasteiger partial charge on any atom is -0.478 e. The molecule has 0 spiro atoms. The van der Waals surface area contributed by atoms with Gasteiger partial charge in [-0.15, -0.1) is 0 Å². The number of carboxylic acids is 1. The van der Waals surface area contributed by atoms with Crippen molar-refractivity contribution in [3.63, 3.8) is 0 Å². The van der Waals surface area contributed by atoms with Crippen LogP contribution < -0.4 is 0 Å². The normalized spacial score (nSPS) is 16.4. The number of aryl methyl sites for hydroxylation is 1. The van der Waals surface area contributed by atoms with Gasteiger partial charge in [-0.05, 0) is 94.0 Å². The topological polar surface area (TPSA) is 69.9 Å². The lowest BCUT2D eigenvalue weighted by atomic mass is 9.61. The average Bonchev–Trinajstić information content (AvgIpc) is 2.87. The van der Waals surface area contributed by atoms with Gasteiger partial charge < -0.3 is 10.3 Å². The van der Waals surface area contributed by atoms with Gasteiger partial charge in [0.2, 0.25) is 0 Å². The number of carboxylic acid groups (broad SMARTS) is 1. The maximum atomic E-state index is 11.4. The van der Waals surface area contributed by atoms with Crippen LogP contribution in [0.2, 0.25) is 0 Å². The lowest BCUT2D eigenvalue weighted by molar-refractivity contribution is 0.0697. The van der Waals surface area contributed by atoms with Gasteiger partial charge in [0.1, 0.15) is 5.71 Å². The molecule has 0 radical (unpaired) electrons. The molecule has 0 fully saturated rings. The van der Waals surface area contributed by atoms with E-state index in [1.807, 2.05) is 18.2 Å². The van der Waals surface area contributed by atoms with E-state index in [0.29, 0.717) is 5.71 Å². The highest BCUT2D eigenvalue weighted by Gasteiger charge is 2.39. The van der Waals surface area contributed by atoms with E-state index in [9.17, 15) is 15.1 Å². The van der Waals surface area contributed by atoms with Crippen LogP contribution in [0, 0.1) is 6.92 Å². The molecule has 2 N–H and O–H groups in total. The number of nitrogens with zero attached hydrogens (tertiary/aromatic N) is 1. The Labute approximate surface area is 218 Å². The fourth-order valence-corrected chi connectivity index (χ4v) is 5.70. The summed E-state index contributed by atoms with van der Waals surface area (Å²) in [5.74, 6) is -0.952. The summed E-state index contributed by atoms with van der Waals surface area (Å²) in [4.78, 5) is 11.4. The van der Waals surface area contributed by atoms with Crippen LogP contribution in [0.15, 0.2) is 78.0 Å². The van der Waals surface area contributed by atoms with Crippen molar-refractivity contribution in [1.82, 2.24) is 0 Å². The number of benzene rings is 4. The molecule has 0 heterocycles. The SMILES string of the molecule is Cc1ccc(-c2cc(/C(=N\O)c3ccc4cc(C(=O)O)ccc4c3)cc3c2C(C)(C)CCC3(C)C)cc1. The minimum absolute atomic E-state index is 0.0164. The molecule has 0 unspecified atom stereocenters. The molecule has 5 rings (SSSR count). The van der Waals surface area contributed by atoms with Crippen LogP contribution in [0.3, 0.4) is 0 Å². The summed E-state index contributed by atoms with van der Waals surface area (Å²) in [6, 6.07) is 23.8. The second kappa shape index (κ2) is 8.88. The van der Waals surface area contributed by atoms with Crippen LogP contribution in [0.25, 0.3) is 21.9 Å². The number of rotatable bonds is 4. The van der Waals surface area contributed by atoms with Crippen LogP contribution in [0.4, 0.5) is 0 Å². The van der Waals surface area contributed by atoms with E-state index in [1.54, 1.807) is 18.2 Å². The molecule has 0 bridgehead atoms. The first-order valence-corrected chi connectivity index (χ1v) is 12.8. The zero-order valence-electron chi connectivity index (χ0n) is 22.1. The summed E-state index contributed by atoms with van der Waals surface area (Å²) in [6.07, 6.45) is 2.19. The van der Waals surface area contributed by atoms with E-state index in [1.165, 1.54) is 22.3 Å². The molecule has 0 atom stereocenters. The first-order chi connectivity index (χ1) is 17.5. The summed E-state index contributed by atoms with van der Waals surface area (Å²) in [6.45, 7) is 11.4. The Bertz CT molecular complexity index is 1560. The molecule has 0 amide bonds. The predicted molar refractivity (Wildman–Crippen MR) is 150 cm³/mol. The van der Waals surface area contributed by atoms with E-state index in [2.05, 4.69) is 76.2 Å². The first kappa shape index (κ1) is 24.8. The van der Waals surface area contributed by atoms with Crippen molar-refractivity contribution in [2.24, 2.45) is 5.16 Å². The molecule has 0 aliphatic heterocycles. The van der Waals surface area contributed by atoms with Gasteiger partial charge >= 0.3 is 5.97 Å². The van der Waals surface area contributed by atoms with Crippen LogP contribution in [0.5, 0.6) is 0 Å². The molecule has 4 aromatic rings. The van der Waals surface area contributed by atoms with Crippen LogP contribution in [-0.4, -0.2) is 22.0 Å². The smallest absolute Gasteiger partial charge is 0.335 e. The zero-order chi connectivity index (χ0) is 26.5. The zero-order valence-corrected chi connectivity index (χ0v) is 22.1. The number of carbonyl (C=O) groups is 1. The third kappa shape index (κ3) is 4.42. The third-order valence-electron chi connectivity index (χ3n) is 8.02. The van der Waals surface area contributed by atoms with Gasteiger partial charge in [-0.25, -0.2) is 4.79 Å². The van der Waals surface area contributed by atoms with E-state index >= 15 is 0 Å². The van der Waals surface area contributed by atoms with Crippen molar-refractivity contribution in [3.05, 3.63) is 106 Å². The van der Waals surface area contributed by atoms with Crippen LogP contribution >= 0.6 is 0 Å². The maximum Gasteiger partial charge on any atom is 0.335 e. The molecule has 37 heavy (non-hydrogen) atoms. The molecule has 4 heteroatoms. The van der Waals surface area contributed by atoms with Crippen molar-refractivity contribution in [1.29, 1.82) is 0 Å². The van der Waals surface area contributed by atoms with Gasteiger partial charge in [-0.2, -0.15) is 0 Å². The summed E-state index contributed by atoms with van der Waals surface area (Å²) in [7, 11) is 0. The Morgan fingerprint density at radius 3 is 1.97 bits per heavy atom. The molecule has 1 aliphatic rings. The fraction of sp³-hybridized carbons (Fsp3) is 0.273. The Morgan fingerprint density at radius 2 is 1.35 bits per heavy atom. The van der Waals surface area contributed by atoms with Gasteiger partial charge in [0.25, 0.3) is 0 Å². The fourth-order valence-electron chi connectivity index (χ4n) is 5.70. The molecule has 0 saturated heterocycles. The molecule has 4 nitrogen and oxygen atoms in total. The van der Waals surface area contributed by atoms with Gasteiger partial charge in [-0.3, -0.25) is 0 Å². The van der Waals surface area contributed by atoms with E-state index < -0.39 is 5.97 Å². The predicted octanol–water partition coefficient (Wildman–Crippen LogP) is 8.09. The largest absolute Gasteiger partial charge is 0.478 e. The van der Waals surface area contributed by atoms with E-state index in [-0.39, 0.29) is 16.4 Å². The Hall–Kier alpha value is -3.92. The first-order valence-electron chi connectivity index (χ1n) is 12.8. The lowest BCUT2D eigenvalue weighted by Crippen LogP contribution is -2.35. The molecule has 0 aromatic heterocycles. The standard InChI is InChI=1S/C33H33NO3/c1-20-6-8-21(9-7-20)27-18-26(19-28-29(27)33(4,5)15-14-32(28,2)3)30(34-37)24-12-10-23-17-25(31(35)36)13-11-22(23)16-24/h6-13,16-19,37H,14-15H2,1-5H3,(H,35,36)/b34-30-. The van der Waals surface area contributed by atoms with Crippen molar-refractivity contribution in [3.8, 4) is 11.1 Å². The molecule has 1 aliphatic carbocycles. The van der Waals surface area contributed by atoms with Crippen molar-refractivity contribution < 1.29 is 15.1 Å². The molecular weight excluding hydrogens is 458 g/mol. The number of aromatic carboxylic acids is 1. The van der Waals surface area contributed by atoms with Crippen LogP contribution in [0.1, 0.15) is 78.7 Å². The van der Waals surface area contributed by atoms with E-state index in [0.717, 1.165) is 40.3 Å². The highest BCUT2D eigenvalue weighted by molar-refractivity contribution is 6.15. The van der Waals surface area contributed by atoms with E-state index in [4.69, 9.17) is 0 Å². The number of hydrogen-bond donors (Lipinski definition) is 2. The number of hydrogen-bond acceptors (Lipinski definition) is 3. The summed E-state index contributed by atoms with van der Waals surface area (Å²) in [5.41, 5.74) is 8.61. The second-order valence-corrected chi connectivity index (χ2v) is 11.6. The third-order valence-corrected chi connectivity index (χ3v) is 8.02. The van der Waals surface area contributed by atoms with Gasteiger partial charge in [0, 0.05) is 11.1 Å². The Balaban J connectivity index is 1.72. The second-order valence-electron chi connectivity index (χ2n) is 11.6. The molecule has 4 aromatic carbocycles. The van der Waals surface area contributed by atoms with Gasteiger partial charge in [0.15, 0.2) is 0 Å². The van der Waals surface area contributed by atoms with Crippen molar-refractivity contribution in [2.75, 3.05) is 0 Å². The Kier molecular flexibility index (Phi) is 5.94. The van der Waals surface area contributed by atoms with Gasteiger partial charge in [-0.1, -0.05) is 80.9 Å². The highest BCUT2D eigenvalue weighted by atomic mass is 16.4. The molecular formula is C33H33NO3. The summed E-state index contributed by atoms with van der Waals surface area (Å²) >= 11 is 0. The lowest BCUT2D eigenvalue weighted by Gasteiger charge is -2.43. The Morgan fingerprint density at radius 1 is 0.757 bits per heavy atom. The average molecular weight is 492 g/mol. The molecule has 188 valence electrons. The van der Waals surface area contributed by atoms with Gasteiger partial charge in [0.05, 0.1) is 5.56 Å². The monoisotopic (exact) mass is 491 g/mol. The minimum atomic E-state index is -0.952. The summed E-state index contributed by atoms with van der Waals surface area (Å²) < 4.78 is 0. The number of fused-ring (bicyclic) bond motifs is 2.